The van der Waals surface area contributed by atoms with Crippen molar-refractivity contribution < 1.29 is 18.7 Å². The van der Waals surface area contributed by atoms with Crippen molar-refractivity contribution >= 4 is 21.7 Å². The molecule has 17 heavy (non-hydrogen) atoms. The predicted octanol–water partition coefficient (Wildman–Crippen LogP) is 1.89. The molecule has 4 nitrogen and oxygen atoms in total. The van der Waals surface area contributed by atoms with Gasteiger partial charge < -0.3 is 15.2 Å². The van der Waals surface area contributed by atoms with Crippen molar-refractivity contribution in [2.75, 3.05) is 19.8 Å². The number of ether oxygens (including phenoxy) is 2. The number of halogens is 2. The quantitative estimate of drug-likeness (QED) is 0.866. The van der Waals surface area contributed by atoms with Crippen LogP contribution < -0.4 is 15.2 Å². The van der Waals surface area contributed by atoms with Crippen molar-refractivity contribution in [2.24, 2.45) is 5.73 Å². The third-order valence-corrected chi connectivity index (χ3v) is 2.95. The lowest BCUT2D eigenvalue weighted by Gasteiger charge is -2.21. The number of carbonyl (C=O) groups excluding carboxylic acids is 1. The van der Waals surface area contributed by atoms with Crippen molar-refractivity contribution in [3.63, 3.8) is 0 Å². The summed E-state index contributed by atoms with van der Waals surface area (Å²) in [7, 11) is 0. The Morgan fingerprint density at radius 3 is 2.88 bits per heavy atom. The molecule has 0 spiro atoms. The summed E-state index contributed by atoms with van der Waals surface area (Å²) in [6.07, 6.45) is 0.0726. The molecule has 0 bridgehead atoms. The molecule has 0 aromatic heterocycles. The van der Waals surface area contributed by atoms with Gasteiger partial charge in [-0.25, -0.2) is 4.39 Å². The average molecular weight is 304 g/mol. The zero-order valence-corrected chi connectivity index (χ0v) is 10.5. The minimum absolute atomic E-state index is 0.0726. The number of hydrogen-bond donors (Lipinski definition) is 1. The number of rotatable bonds is 3. The zero-order chi connectivity index (χ0) is 12.4. The Hall–Kier alpha value is -1.14. The normalized spacial score (nSPS) is 13.6. The highest BCUT2D eigenvalue weighted by Gasteiger charge is 2.26. The van der Waals surface area contributed by atoms with E-state index in [1.54, 1.807) is 0 Å². The Labute approximate surface area is 106 Å². The van der Waals surface area contributed by atoms with Gasteiger partial charge in [-0.2, -0.15) is 0 Å². The van der Waals surface area contributed by atoms with E-state index in [0.717, 1.165) is 0 Å². The first kappa shape index (κ1) is 12.3. The van der Waals surface area contributed by atoms with E-state index in [9.17, 15) is 9.18 Å². The van der Waals surface area contributed by atoms with Crippen LogP contribution in [0.5, 0.6) is 11.5 Å². The topological polar surface area (TPSA) is 61.6 Å². The molecule has 6 heteroatoms. The maximum absolute atomic E-state index is 13.9. The van der Waals surface area contributed by atoms with Gasteiger partial charge in [-0.1, -0.05) is 0 Å². The molecule has 1 aliphatic rings. The van der Waals surface area contributed by atoms with E-state index in [1.165, 1.54) is 6.07 Å². The third-order valence-electron chi connectivity index (χ3n) is 2.38. The molecule has 1 aromatic carbocycles. The number of carbonyl (C=O) groups is 1. The summed E-state index contributed by atoms with van der Waals surface area (Å²) in [5.41, 5.74) is 5.22. The lowest BCUT2D eigenvalue weighted by atomic mass is 10.1. The lowest BCUT2D eigenvalue weighted by molar-refractivity contribution is 0.0969. The number of fused-ring (bicyclic) bond motifs is 1. The van der Waals surface area contributed by atoms with Crippen molar-refractivity contribution in [1.82, 2.24) is 0 Å². The first-order chi connectivity index (χ1) is 8.15. The average Bonchev–Trinajstić information content (AvgIpc) is 2.31. The highest BCUT2D eigenvalue weighted by atomic mass is 79.9. The van der Waals surface area contributed by atoms with Crippen LogP contribution in [0.4, 0.5) is 4.39 Å². The molecular weight excluding hydrogens is 293 g/mol. The van der Waals surface area contributed by atoms with Crippen LogP contribution in [-0.4, -0.2) is 25.5 Å². The SMILES string of the molecule is NCCC(=O)c1c(F)c(Br)cc2c1OCCO2. The van der Waals surface area contributed by atoms with Gasteiger partial charge in [-0.15, -0.1) is 0 Å². The molecule has 0 aliphatic carbocycles. The Bertz CT molecular complexity index is 465. The summed E-state index contributed by atoms with van der Waals surface area (Å²) in [5.74, 6) is -0.457. The Balaban J connectivity index is 2.54. The van der Waals surface area contributed by atoms with Crippen LogP contribution in [0.15, 0.2) is 10.5 Å². The second-order valence-electron chi connectivity index (χ2n) is 3.53. The van der Waals surface area contributed by atoms with Gasteiger partial charge in [0, 0.05) is 12.5 Å². The van der Waals surface area contributed by atoms with E-state index in [-0.39, 0.29) is 34.5 Å². The van der Waals surface area contributed by atoms with Gasteiger partial charge >= 0.3 is 0 Å². The van der Waals surface area contributed by atoms with Crippen LogP contribution in [0.3, 0.4) is 0 Å². The minimum Gasteiger partial charge on any atom is -0.486 e. The number of nitrogens with two attached hydrogens (primary N) is 1. The first-order valence-corrected chi connectivity index (χ1v) is 5.95. The fraction of sp³-hybridized carbons (Fsp3) is 0.364. The van der Waals surface area contributed by atoms with Crippen molar-refractivity contribution in [1.29, 1.82) is 0 Å². The van der Waals surface area contributed by atoms with Crippen LogP contribution >= 0.6 is 15.9 Å². The molecule has 1 heterocycles. The highest BCUT2D eigenvalue weighted by molar-refractivity contribution is 9.10. The van der Waals surface area contributed by atoms with Crippen molar-refractivity contribution in [3.8, 4) is 11.5 Å². The molecule has 0 atom stereocenters. The summed E-state index contributed by atoms with van der Waals surface area (Å²) in [5, 5.41) is 0. The molecule has 0 saturated heterocycles. The van der Waals surface area contributed by atoms with Gasteiger partial charge in [0.1, 0.15) is 18.8 Å². The summed E-state index contributed by atoms with van der Waals surface area (Å²) in [6.45, 7) is 0.854. The van der Waals surface area contributed by atoms with Gasteiger partial charge in [0.05, 0.1) is 4.47 Å². The first-order valence-electron chi connectivity index (χ1n) is 5.16. The number of benzene rings is 1. The fourth-order valence-electron chi connectivity index (χ4n) is 1.64. The van der Waals surface area contributed by atoms with Crippen LogP contribution in [0.2, 0.25) is 0 Å². The molecular formula is C11H11BrFNO3. The summed E-state index contributed by atoms with van der Waals surface area (Å²) in [6, 6.07) is 1.46. The molecule has 0 radical (unpaired) electrons. The maximum Gasteiger partial charge on any atom is 0.175 e. The molecule has 1 aliphatic heterocycles. The second kappa shape index (κ2) is 5.01. The van der Waals surface area contributed by atoms with E-state index in [1.807, 2.05) is 0 Å². The number of Topliss-reactive ketones (excluding diaryl/α,β-unsaturated/α-hetero) is 1. The van der Waals surface area contributed by atoms with Gasteiger partial charge in [0.2, 0.25) is 0 Å². The Morgan fingerprint density at radius 1 is 1.47 bits per heavy atom. The molecule has 2 rings (SSSR count). The van der Waals surface area contributed by atoms with E-state index in [0.29, 0.717) is 19.0 Å². The van der Waals surface area contributed by atoms with Crippen LogP contribution in [0.1, 0.15) is 16.8 Å². The predicted molar refractivity (Wildman–Crippen MR) is 63.1 cm³/mol. The van der Waals surface area contributed by atoms with Gasteiger partial charge in [-0.3, -0.25) is 4.79 Å². The lowest BCUT2D eigenvalue weighted by Crippen LogP contribution is -2.20. The van der Waals surface area contributed by atoms with E-state index < -0.39 is 5.82 Å². The Morgan fingerprint density at radius 2 is 2.18 bits per heavy atom. The van der Waals surface area contributed by atoms with E-state index in [2.05, 4.69) is 15.9 Å². The molecule has 1 aromatic rings. The molecule has 0 saturated carbocycles. The summed E-state index contributed by atoms with van der Waals surface area (Å²) >= 11 is 3.05. The second-order valence-corrected chi connectivity index (χ2v) is 4.39. The summed E-state index contributed by atoms with van der Waals surface area (Å²) in [4.78, 5) is 11.8. The molecule has 2 N–H and O–H groups in total. The number of ketones is 1. The molecule has 0 fully saturated rings. The maximum atomic E-state index is 13.9. The Kier molecular flexibility index (Phi) is 3.63. The molecule has 0 amide bonds. The zero-order valence-electron chi connectivity index (χ0n) is 8.96. The van der Waals surface area contributed by atoms with E-state index in [4.69, 9.17) is 15.2 Å². The van der Waals surface area contributed by atoms with Gasteiger partial charge in [0.25, 0.3) is 0 Å². The fourth-order valence-corrected chi connectivity index (χ4v) is 2.04. The van der Waals surface area contributed by atoms with E-state index >= 15 is 0 Å². The van der Waals surface area contributed by atoms with Crippen LogP contribution in [0, 0.1) is 5.82 Å². The largest absolute Gasteiger partial charge is 0.486 e. The summed E-state index contributed by atoms with van der Waals surface area (Å²) < 4.78 is 24.7. The monoisotopic (exact) mass is 303 g/mol. The highest BCUT2D eigenvalue weighted by Crippen LogP contribution is 2.39. The molecule has 92 valence electrons. The van der Waals surface area contributed by atoms with Gasteiger partial charge in [0.15, 0.2) is 23.1 Å². The molecule has 0 unspecified atom stereocenters. The van der Waals surface area contributed by atoms with Crippen molar-refractivity contribution in [2.45, 2.75) is 6.42 Å². The minimum atomic E-state index is -0.632. The van der Waals surface area contributed by atoms with Crippen molar-refractivity contribution in [3.05, 3.63) is 21.9 Å². The number of hydrogen-bond acceptors (Lipinski definition) is 4. The smallest absolute Gasteiger partial charge is 0.175 e. The third kappa shape index (κ3) is 2.28. The van der Waals surface area contributed by atoms with Crippen LogP contribution in [-0.2, 0) is 0 Å². The van der Waals surface area contributed by atoms with Crippen LogP contribution in [0.25, 0.3) is 0 Å². The van der Waals surface area contributed by atoms with Gasteiger partial charge in [-0.05, 0) is 22.5 Å². The standard InChI is InChI=1S/C11H11BrFNO3/c12-6-5-8-11(17-4-3-16-8)9(10(6)13)7(15)1-2-14/h5H,1-4,14H2.